The predicted molar refractivity (Wildman–Crippen MR) is 128 cm³/mol. The fourth-order valence-corrected chi connectivity index (χ4v) is 5.05. The maximum Gasteiger partial charge on any atom is 0.188 e. The molecule has 2 fully saturated rings. The summed E-state index contributed by atoms with van der Waals surface area (Å²) in [6, 6.07) is 5.83. The average Bonchev–Trinajstić information content (AvgIpc) is 3.21. The van der Waals surface area contributed by atoms with Gasteiger partial charge in [0.25, 0.3) is 0 Å². The van der Waals surface area contributed by atoms with Crippen molar-refractivity contribution in [3.63, 3.8) is 0 Å². The maximum atomic E-state index is 6.18. The zero-order valence-corrected chi connectivity index (χ0v) is 20.1. The van der Waals surface area contributed by atoms with Crippen LogP contribution in [0.25, 0.3) is 0 Å². The first-order valence-corrected chi connectivity index (χ1v) is 10.9. The van der Waals surface area contributed by atoms with Crippen LogP contribution in [0.2, 0.25) is 0 Å². The van der Waals surface area contributed by atoms with Crippen LogP contribution in [0.1, 0.15) is 31.2 Å². The molecule has 3 N–H and O–H groups in total. The molecule has 1 saturated heterocycles. The molecule has 0 radical (unpaired) electrons. The van der Waals surface area contributed by atoms with Crippen molar-refractivity contribution in [2.75, 3.05) is 45.4 Å². The van der Waals surface area contributed by atoms with Crippen molar-refractivity contribution in [3.05, 3.63) is 23.8 Å². The second-order valence-corrected chi connectivity index (χ2v) is 8.50. The summed E-state index contributed by atoms with van der Waals surface area (Å²) in [7, 11) is 3.28. The molecule has 1 aliphatic heterocycles. The summed E-state index contributed by atoms with van der Waals surface area (Å²) in [4.78, 5) is 7.21. The summed E-state index contributed by atoms with van der Waals surface area (Å²) in [5.74, 6) is 4.43. The third kappa shape index (κ3) is 5.82. The standard InChI is InChI=1S/C20H32N4O2S.HI/c1-25-17-6-5-16(13-18(17)26-2)14-22-19(21)23-15-20(7-3-4-8-20)24-9-11-27-12-10-24;/h5-6,13H,3-4,7-12,14-15H2,1-2H3,(H3,21,22,23);1H. The number of aliphatic imine (C=N–C) groups is 1. The van der Waals surface area contributed by atoms with E-state index in [0.717, 1.165) is 17.9 Å². The molecule has 1 aliphatic carbocycles. The van der Waals surface area contributed by atoms with Crippen LogP contribution in [0.3, 0.4) is 0 Å². The van der Waals surface area contributed by atoms with Crippen LogP contribution in [0, 0.1) is 0 Å². The average molecular weight is 520 g/mol. The number of thioether (sulfide) groups is 1. The molecule has 0 atom stereocenters. The van der Waals surface area contributed by atoms with Crippen molar-refractivity contribution in [1.82, 2.24) is 10.2 Å². The van der Waals surface area contributed by atoms with Gasteiger partial charge in [0.1, 0.15) is 0 Å². The molecule has 1 aromatic carbocycles. The van der Waals surface area contributed by atoms with Crippen molar-refractivity contribution in [3.8, 4) is 11.5 Å². The third-order valence-corrected chi connectivity index (χ3v) is 6.64. The number of hydrogen-bond acceptors (Lipinski definition) is 5. The lowest BCUT2D eigenvalue weighted by atomic mass is 9.94. The van der Waals surface area contributed by atoms with Gasteiger partial charge >= 0.3 is 0 Å². The Morgan fingerprint density at radius 1 is 1.18 bits per heavy atom. The number of nitrogens with zero attached hydrogens (tertiary/aromatic N) is 2. The van der Waals surface area contributed by atoms with Crippen molar-refractivity contribution < 1.29 is 9.47 Å². The molecular formula is C20H33IN4O2S. The van der Waals surface area contributed by atoms with Crippen LogP contribution in [-0.4, -0.2) is 61.8 Å². The fraction of sp³-hybridized carbons (Fsp3) is 0.650. The number of benzene rings is 1. The largest absolute Gasteiger partial charge is 0.493 e. The Bertz CT molecular complexity index is 647. The number of ether oxygens (including phenoxy) is 2. The predicted octanol–water partition coefficient (Wildman–Crippen LogP) is 3.09. The van der Waals surface area contributed by atoms with E-state index in [0.29, 0.717) is 18.3 Å². The number of nitrogens with one attached hydrogen (secondary N) is 1. The number of methoxy groups -OCH3 is 2. The van der Waals surface area contributed by atoms with E-state index in [1.807, 2.05) is 18.2 Å². The summed E-state index contributed by atoms with van der Waals surface area (Å²) >= 11 is 2.06. The van der Waals surface area contributed by atoms with Gasteiger partial charge in [-0.3, -0.25) is 4.90 Å². The van der Waals surface area contributed by atoms with Crippen LogP contribution in [0.15, 0.2) is 23.2 Å². The Morgan fingerprint density at radius 2 is 1.86 bits per heavy atom. The summed E-state index contributed by atoms with van der Waals surface area (Å²) in [6.07, 6.45) is 5.14. The maximum absolute atomic E-state index is 6.18. The number of rotatable bonds is 7. The highest BCUT2D eigenvalue weighted by molar-refractivity contribution is 14.0. The summed E-state index contributed by atoms with van der Waals surface area (Å²) in [5.41, 5.74) is 7.47. The SMILES string of the molecule is COc1ccc(CN=C(N)NCC2(N3CCSCC3)CCCC2)cc1OC.I. The number of guanidine groups is 1. The number of nitrogens with two attached hydrogens (primary N) is 1. The van der Waals surface area contributed by atoms with Crippen LogP contribution < -0.4 is 20.5 Å². The van der Waals surface area contributed by atoms with E-state index in [4.69, 9.17) is 15.2 Å². The van der Waals surface area contributed by atoms with Crippen molar-refractivity contribution >= 4 is 41.7 Å². The van der Waals surface area contributed by atoms with Crippen LogP contribution >= 0.6 is 35.7 Å². The van der Waals surface area contributed by atoms with Gasteiger partial charge in [-0.05, 0) is 30.5 Å². The second kappa shape index (κ2) is 11.3. The van der Waals surface area contributed by atoms with Gasteiger partial charge in [0, 0.05) is 36.7 Å². The smallest absolute Gasteiger partial charge is 0.188 e. The number of hydrogen-bond donors (Lipinski definition) is 2. The molecule has 8 heteroatoms. The molecule has 6 nitrogen and oxygen atoms in total. The highest BCUT2D eigenvalue weighted by Gasteiger charge is 2.39. The van der Waals surface area contributed by atoms with Gasteiger partial charge in [0.2, 0.25) is 0 Å². The van der Waals surface area contributed by atoms with Gasteiger partial charge in [0.05, 0.1) is 20.8 Å². The molecule has 28 heavy (non-hydrogen) atoms. The van der Waals surface area contributed by atoms with Crippen LogP contribution in [-0.2, 0) is 6.54 Å². The van der Waals surface area contributed by atoms with Gasteiger partial charge in [0.15, 0.2) is 17.5 Å². The third-order valence-electron chi connectivity index (χ3n) is 5.69. The Hall–Kier alpha value is -0.870. The monoisotopic (exact) mass is 520 g/mol. The van der Waals surface area contributed by atoms with Crippen molar-refractivity contribution in [2.45, 2.75) is 37.8 Å². The first-order chi connectivity index (χ1) is 13.2. The highest BCUT2D eigenvalue weighted by atomic mass is 127. The lowest BCUT2D eigenvalue weighted by Crippen LogP contribution is -2.57. The van der Waals surface area contributed by atoms with Gasteiger partial charge in [-0.1, -0.05) is 18.9 Å². The summed E-state index contributed by atoms with van der Waals surface area (Å²) in [6.45, 7) is 3.79. The first kappa shape index (κ1) is 23.4. The van der Waals surface area contributed by atoms with Gasteiger partial charge in [-0.15, -0.1) is 24.0 Å². The normalized spacial score (nSPS) is 19.7. The quantitative estimate of drug-likeness (QED) is 0.327. The minimum Gasteiger partial charge on any atom is -0.493 e. The Balaban J connectivity index is 0.00000280. The Kier molecular flexibility index (Phi) is 9.49. The number of halogens is 1. The zero-order valence-electron chi connectivity index (χ0n) is 16.9. The van der Waals surface area contributed by atoms with Crippen molar-refractivity contribution in [1.29, 1.82) is 0 Å². The zero-order chi connectivity index (χ0) is 19.1. The van der Waals surface area contributed by atoms with Gasteiger partial charge < -0.3 is 20.5 Å². The fourth-order valence-electron chi connectivity index (χ4n) is 4.14. The van der Waals surface area contributed by atoms with Crippen LogP contribution in [0.4, 0.5) is 0 Å². The molecule has 0 spiro atoms. The minimum absolute atomic E-state index is 0. The minimum atomic E-state index is 0. The lowest BCUT2D eigenvalue weighted by molar-refractivity contribution is 0.107. The molecule has 158 valence electrons. The highest BCUT2D eigenvalue weighted by Crippen LogP contribution is 2.36. The molecule has 1 heterocycles. The van der Waals surface area contributed by atoms with Crippen molar-refractivity contribution in [2.24, 2.45) is 10.7 Å². The summed E-state index contributed by atoms with van der Waals surface area (Å²) in [5, 5.41) is 3.41. The lowest BCUT2D eigenvalue weighted by Gasteiger charge is -2.43. The Morgan fingerprint density at radius 3 is 2.50 bits per heavy atom. The summed E-state index contributed by atoms with van der Waals surface area (Å²) < 4.78 is 10.6. The second-order valence-electron chi connectivity index (χ2n) is 7.28. The molecule has 1 aromatic rings. The molecule has 2 aliphatic rings. The van der Waals surface area contributed by atoms with Gasteiger partial charge in [-0.2, -0.15) is 11.8 Å². The van der Waals surface area contributed by atoms with E-state index in [1.54, 1.807) is 14.2 Å². The van der Waals surface area contributed by atoms with Gasteiger partial charge in [-0.25, -0.2) is 4.99 Å². The first-order valence-electron chi connectivity index (χ1n) is 9.74. The molecular weight excluding hydrogens is 487 g/mol. The van der Waals surface area contributed by atoms with E-state index in [2.05, 4.69) is 27.0 Å². The van der Waals surface area contributed by atoms with E-state index in [1.165, 1.54) is 50.3 Å². The molecule has 0 amide bonds. The molecule has 1 saturated carbocycles. The molecule has 0 bridgehead atoms. The van der Waals surface area contributed by atoms with E-state index in [9.17, 15) is 0 Å². The van der Waals surface area contributed by atoms with E-state index in [-0.39, 0.29) is 29.5 Å². The molecule has 3 rings (SSSR count). The topological polar surface area (TPSA) is 72.1 Å². The molecule has 0 unspecified atom stereocenters. The Labute approximate surface area is 190 Å². The van der Waals surface area contributed by atoms with E-state index < -0.39 is 0 Å². The van der Waals surface area contributed by atoms with E-state index >= 15 is 0 Å². The molecule has 0 aromatic heterocycles. The van der Waals surface area contributed by atoms with Crippen LogP contribution in [0.5, 0.6) is 11.5 Å².